The predicted molar refractivity (Wildman–Crippen MR) is 55.9 cm³/mol. The second-order valence-electron chi connectivity index (χ2n) is 2.68. The Labute approximate surface area is 80.7 Å². The van der Waals surface area contributed by atoms with Crippen LogP contribution in [0.2, 0.25) is 5.32 Å². The molecule has 0 radical (unpaired) electrons. The van der Waals surface area contributed by atoms with E-state index in [4.69, 9.17) is 0 Å². The Bertz CT molecular complexity index is 218. The molecule has 0 spiro atoms. The molecular formula is C10H15NSe. The molecule has 1 N–H and O–H groups in total. The van der Waals surface area contributed by atoms with Gasteiger partial charge in [0.1, 0.15) is 0 Å². The van der Waals surface area contributed by atoms with Crippen LogP contribution in [0, 0.1) is 6.92 Å². The van der Waals surface area contributed by atoms with Crippen molar-refractivity contribution in [3.8, 4) is 0 Å². The molecule has 0 aliphatic carbocycles. The summed E-state index contributed by atoms with van der Waals surface area (Å²) in [5.74, 6) is 0. The Morgan fingerprint density at radius 2 is 1.92 bits per heavy atom. The summed E-state index contributed by atoms with van der Waals surface area (Å²) in [4.78, 5) is 0. The van der Waals surface area contributed by atoms with E-state index in [1.165, 1.54) is 16.6 Å². The van der Waals surface area contributed by atoms with Crippen molar-refractivity contribution in [1.82, 2.24) is 0 Å². The van der Waals surface area contributed by atoms with Crippen LogP contribution < -0.4 is 5.32 Å². The van der Waals surface area contributed by atoms with Gasteiger partial charge in [-0.15, -0.1) is 0 Å². The van der Waals surface area contributed by atoms with Gasteiger partial charge in [-0.1, -0.05) is 0 Å². The molecule has 0 bridgehead atoms. The van der Waals surface area contributed by atoms with Gasteiger partial charge in [-0.2, -0.15) is 0 Å². The first-order chi connectivity index (χ1) is 5.83. The van der Waals surface area contributed by atoms with Crippen molar-refractivity contribution in [2.45, 2.75) is 19.2 Å². The van der Waals surface area contributed by atoms with E-state index >= 15 is 0 Å². The second-order valence-corrected chi connectivity index (χ2v) is 5.35. The van der Waals surface area contributed by atoms with E-state index in [9.17, 15) is 0 Å². The molecule has 0 atom stereocenters. The van der Waals surface area contributed by atoms with Crippen LogP contribution in [0.25, 0.3) is 0 Å². The second kappa shape index (κ2) is 5.23. The zero-order chi connectivity index (χ0) is 8.81. The van der Waals surface area contributed by atoms with Gasteiger partial charge in [0.05, 0.1) is 0 Å². The fraction of sp³-hybridized carbons (Fsp3) is 0.400. The van der Waals surface area contributed by atoms with Crippen molar-refractivity contribution in [1.29, 1.82) is 0 Å². The molecule has 0 aromatic heterocycles. The van der Waals surface area contributed by atoms with Crippen LogP contribution in [0.15, 0.2) is 24.3 Å². The van der Waals surface area contributed by atoms with E-state index in [2.05, 4.69) is 43.4 Å². The number of hydrogen-bond acceptors (Lipinski definition) is 1. The van der Waals surface area contributed by atoms with E-state index < -0.39 is 0 Å². The van der Waals surface area contributed by atoms with Gasteiger partial charge in [-0.3, -0.25) is 0 Å². The number of aryl methyl sites for hydroxylation is 1. The summed E-state index contributed by atoms with van der Waals surface area (Å²) in [7, 11) is 0. The van der Waals surface area contributed by atoms with Crippen LogP contribution in [0.1, 0.15) is 12.5 Å². The van der Waals surface area contributed by atoms with E-state index in [1.54, 1.807) is 0 Å². The number of hydrogen-bond donors (Lipinski definition) is 1. The molecule has 0 amide bonds. The SMILES string of the molecule is CC[Se]CNc1ccc(C)cc1. The average molecular weight is 228 g/mol. The summed E-state index contributed by atoms with van der Waals surface area (Å²) in [6.07, 6.45) is 0. The van der Waals surface area contributed by atoms with E-state index in [-0.39, 0.29) is 0 Å². The summed E-state index contributed by atoms with van der Waals surface area (Å²) in [6.45, 7) is 4.34. The van der Waals surface area contributed by atoms with Crippen LogP contribution in [0.3, 0.4) is 0 Å². The van der Waals surface area contributed by atoms with Crippen molar-refractivity contribution in [2.75, 3.05) is 10.8 Å². The summed E-state index contributed by atoms with van der Waals surface area (Å²) in [5.41, 5.74) is 3.71. The van der Waals surface area contributed by atoms with E-state index in [1.807, 2.05) is 0 Å². The zero-order valence-electron chi connectivity index (χ0n) is 7.63. The van der Waals surface area contributed by atoms with Gasteiger partial charge in [0.15, 0.2) is 0 Å². The van der Waals surface area contributed by atoms with Crippen LogP contribution >= 0.6 is 0 Å². The topological polar surface area (TPSA) is 12.0 Å². The fourth-order valence-corrected chi connectivity index (χ4v) is 1.90. The zero-order valence-corrected chi connectivity index (χ0v) is 9.34. The van der Waals surface area contributed by atoms with Crippen LogP contribution in [0.5, 0.6) is 0 Å². The molecule has 1 aromatic carbocycles. The Morgan fingerprint density at radius 3 is 2.50 bits per heavy atom. The maximum absolute atomic E-state index is 3.40. The van der Waals surface area contributed by atoms with Crippen LogP contribution in [0.4, 0.5) is 5.69 Å². The molecule has 0 heterocycles. The predicted octanol–water partition coefficient (Wildman–Crippen LogP) is 2.51. The standard InChI is InChI=1S/C10H15NSe/c1-3-12-8-11-10-6-4-9(2)5-7-10/h4-7,11H,3,8H2,1-2H3. The molecule has 0 unspecified atom stereocenters. The first kappa shape index (κ1) is 9.63. The van der Waals surface area contributed by atoms with Gasteiger partial charge in [-0.05, 0) is 0 Å². The van der Waals surface area contributed by atoms with E-state index in [0.717, 1.165) is 20.4 Å². The van der Waals surface area contributed by atoms with Crippen molar-refractivity contribution >= 4 is 20.6 Å². The van der Waals surface area contributed by atoms with Gasteiger partial charge in [0.25, 0.3) is 0 Å². The third-order valence-electron chi connectivity index (χ3n) is 1.63. The fourth-order valence-electron chi connectivity index (χ4n) is 0.908. The summed E-state index contributed by atoms with van der Waals surface area (Å²) in [5, 5.41) is 4.71. The van der Waals surface area contributed by atoms with Gasteiger partial charge in [-0.25, -0.2) is 0 Å². The Hall–Kier alpha value is -0.461. The van der Waals surface area contributed by atoms with Crippen LogP contribution in [-0.4, -0.2) is 20.4 Å². The Kier molecular flexibility index (Phi) is 4.20. The molecule has 0 saturated heterocycles. The van der Waals surface area contributed by atoms with Gasteiger partial charge in [0.2, 0.25) is 0 Å². The summed E-state index contributed by atoms with van der Waals surface area (Å²) in [6, 6.07) is 8.56. The summed E-state index contributed by atoms with van der Waals surface area (Å²) >= 11 is 0.755. The van der Waals surface area contributed by atoms with Gasteiger partial charge < -0.3 is 0 Å². The monoisotopic (exact) mass is 229 g/mol. The normalized spacial score (nSPS) is 9.83. The molecule has 0 saturated carbocycles. The molecule has 1 rings (SSSR count). The molecule has 1 aromatic rings. The first-order valence-corrected chi connectivity index (χ1v) is 6.63. The quantitative estimate of drug-likeness (QED) is 0.616. The first-order valence-electron chi connectivity index (χ1n) is 4.21. The number of nitrogens with one attached hydrogen (secondary N) is 1. The van der Waals surface area contributed by atoms with Gasteiger partial charge in [0, 0.05) is 0 Å². The van der Waals surface area contributed by atoms with Crippen LogP contribution in [-0.2, 0) is 0 Å². The Morgan fingerprint density at radius 1 is 1.25 bits per heavy atom. The number of rotatable bonds is 4. The molecule has 12 heavy (non-hydrogen) atoms. The van der Waals surface area contributed by atoms with Crippen molar-refractivity contribution in [3.05, 3.63) is 29.8 Å². The minimum atomic E-state index is 0.755. The number of anilines is 1. The molecule has 0 aliphatic heterocycles. The van der Waals surface area contributed by atoms with Crippen molar-refractivity contribution < 1.29 is 0 Å². The number of benzene rings is 1. The summed E-state index contributed by atoms with van der Waals surface area (Å²) < 4.78 is 0. The third kappa shape index (κ3) is 3.29. The van der Waals surface area contributed by atoms with Crippen molar-refractivity contribution in [3.63, 3.8) is 0 Å². The molecule has 66 valence electrons. The van der Waals surface area contributed by atoms with E-state index in [0.29, 0.717) is 0 Å². The third-order valence-corrected chi connectivity index (χ3v) is 3.22. The maximum atomic E-state index is 3.40. The molecule has 0 aliphatic rings. The molecule has 2 heteroatoms. The molecule has 1 nitrogen and oxygen atoms in total. The molecule has 0 fully saturated rings. The van der Waals surface area contributed by atoms with Gasteiger partial charge >= 0.3 is 80.4 Å². The average Bonchev–Trinajstić information content (AvgIpc) is 2.09. The molecular weight excluding hydrogens is 213 g/mol. The van der Waals surface area contributed by atoms with Crippen molar-refractivity contribution in [2.24, 2.45) is 0 Å². The Balaban J connectivity index is 2.37. The minimum absolute atomic E-state index is 0.755.